The topological polar surface area (TPSA) is 67.6 Å². The van der Waals surface area contributed by atoms with Crippen molar-refractivity contribution in [2.75, 3.05) is 6.54 Å². The van der Waals surface area contributed by atoms with Crippen molar-refractivity contribution in [1.29, 1.82) is 0 Å². The van der Waals surface area contributed by atoms with Crippen molar-refractivity contribution in [2.45, 2.75) is 24.9 Å². The van der Waals surface area contributed by atoms with Gasteiger partial charge in [0, 0.05) is 31.2 Å². The first-order valence-electron chi connectivity index (χ1n) is 7.49. The SMILES string of the molecule is CCN([C@@H](C)c1ccc(F)cc1)S(=O)(=O)c1cn2ccnc2cn1. The molecule has 0 saturated carbocycles. The maximum absolute atomic E-state index is 13.1. The first-order valence-corrected chi connectivity index (χ1v) is 8.93. The van der Waals surface area contributed by atoms with E-state index in [1.54, 1.807) is 42.8 Å². The number of aromatic nitrogens is 3. The standard InChI is InChI=1S/C16H17FN4O2S/c1-3-21(12(2)13-4-6-14(17)7-5-13)24(22,23)16-11-20-9-8-18-15(20)10-19-16/h4-12H,3H2,1-2H3/t12-/m0/s1. The molecule has 24 heavy (non-hydrogen) atoms. The molecule has 0 aliphatic heterocycles. The van der Waals surface area contributed by atoms with Crippen LogP contribution in [0.1, 0.15) is 25.5 Å². The van der Waals surface area contributed by atoms with Gasteiger partial charge in [0.15, 0.2) is 10.7 Å². The predicted octanol–water partition coefficient (Wildman–Crippen LogP) is 2.64. The van der Waals surface area contributed by atoms with Crippen molar-refractivity contribution >= 4 is 15.7 Å². The smallest absolute Gasteiger partial charge is 0.262 e. The molecule has 0 saturated heterocycles. The molecule has 1 atom stereocenters. The van der Waals surface area contributed by atoms with Crippen LogP contribution in [0.5, 0.6) is 0 Å². The van der Waals surface area contributed by atoms with Crippen molar-refractivity contribution in [3.05, 3.63) is 60.4 Å². The molecule has 1 aromatic carbocycles. The zero-order chi connectivity index (χ0) is 17.3. The number of nitrogens with zero attached hydrogens (tertiary/aromatic N) is 4. The molecule has 0 spiro atoms. The Morgan fingerprint density at radius 1 is 1.25 bits per heavy atom. The molecule has 0 amide bonds. The fourth-order valence-electron chi connectivity index (χ4n) is 2.62. The van der Waals surface area contributed by atoms with Gasteiger partial charge in [-0.1, -0.05) is 19.1 Å². The molecule has 0 aliphatic carbocycles. The maximum Gasteiger partial charge on any atom is 0.262 e. The number of imidazole rings is 1. The molecule has 0 radical (unpaired) electrons. The predicted molar refractivity (Wildman–Crippen MR) is 87.4 cm³/mol. The molecule has 2 aromatic heterocycles. The fourth-order valence-corrected chi connectivity index (χ4v) is 4.17. The Labute approximate surface area is 139 Å². The van der Waals surface area contributed by atoms with Crippen LogP contribution in [0.15, 0.2) is 54.1 Å². The zero-order valence-electron chi connectivity index (χ0n) is 13.3. The zero-order valence-corrected chi connectivity index (χ0v) is 14.1. The van der Waals surface area contributed by atoms with Crippen LogP contribution < -0.4 is 0 Å². The lowest BCUT2D eigenvalue weighted by Gasteiger charge is -2.27. The molecular formula is C16H17FN4O2S. The number of halogens is 1. The third kappa shape index (κ3) is 2.90. The lowest BCUT2D eigenvalue weighted by atomic mass is 10.1. The Morgan fingerprint density at radius 3 is 2.62 bits per heavy atom. The highest BCUT2D eigenvalue weighted by molar-refractivity contribution is 7.89. The van der Waals surface area contributed by atoms with E-state index in [0.29, 0.717) is 11.2 Å². The van der Waals surface area contributed by atoms with Gasteiger partial charge in [-0.25, -0.2) is 22.8 Å². The van der Waals surface area contributed by atoms with E-state index in [0.717, 1.165) is 0 Å². The van der Waals surface area contributed by atoms with Gasteiger partial charge in [0.05, 0.1) is 6.20 Å². The third-order valence-corrected chi connectivity index (χ3v) is 5.86. The summed E-state index contributed by atoms with van der Waals surface area (Å²) in [6.07, 6.45) is 6.10. The van der Waals surface area contributed by atoms with Crippen LogP contribution >= 0.6 is 0 Å². The number of hydrogen-bond acceptors (Lipinski definition) is 4. The van der Waals surface area contributed by atoms with Crippen molar-refractivity contribution in [3.63, 3.8) is 0 Å². The molecule has 0 N–H and O–H groups in total. The summed E-state index contributed by atoms with van der Waals surface area (Å²) >= 11 is 0. The van der Waals surface area contributed by atoms with E-state index in [1.165, 1.54) is 28.8 Å². The van der Waals surface area contributed by atoms with Crippen LogP contribution in [0.25, 0.3) is 5.65 Å². The van der Waals surface area contributed by atoms with Gasteiger partial charge in [-0.05, 0) is 24.6 Å². The van der Waals surface area contributed by atoms with E-state index < -0.39 is 16.1 Å². The Kier molecular flexibility index (Phi) is 4.33. The number of sulfonamides is 1. The summed E-state index contributed by atoms with van der Waals surface area (Å²) in [4.78, 5) is 8.09. The molecule has 2 heterocycles. The Bertz CT molecular complexity index is 954. The van der Waals surface area contributed by atoms with Gasteiger partial charge in [0.2, 0.25) is 0 Å². The van der Waals surface area contributed by atoms with Crippen LogP contribution in [-0.4, -0.2) is 33.6 Å². The quantitative estimate of drug-likeness (QED) is 0.711. The summed E-state index contributed by atoms with van der Waals surface area (Å²) in [7, 11) is -3.80. The lowest BCUT2D eigenvalue weighted by molar-refractivity contribution is 0.355. The Balaban J connectivity index is 1.99. The molecule has 126 valence electrons. The van der Waals surface area contributed by atoms with Crippen molar-refractivity contribution in [1.82, 2.24) is 18.7 Å². The number of benzene rings is 1. The summed E-state index contributed by atoms with van der Waals surface area (Å²) in [6, 6.07) is 5.38. The summed E-state index contributed by atoms with van der Waals surface area (Å²) in [5.74, 6) is -0.357. The molecule has 0 fully saturated rings. The molecule has 0 unspecified atom stereocenters. The maximum atomic E-state index is 13.1. The van der Waals surface area contributed by atoms with Gasteiger partial charge in [-0.15, -0.1) is 0 Å². The van der Waals surface area contributed by atoms with Crippen LogP contribution in [-0.2, 0) is 10.0 Å². The number of rotatable bonds is 5. The van der Waals surface area contributed by atoms with Gasteiger partial charge in [-0.2, -0.15) is 4.31 Å². The summed E-state index contributed by atoms with van der Waals surface area (Å²) in [5, 5.41) is -0.0520. The molecule has 3 aromatic rings. The second-order valence-electron chi connectivity index (χ2n) is 5.35. The average Bonchev–Trinajstić information content (AvgIpc) is 3.03. The summed E-state index contributed by atoms with van der Waals surface area (Å²) < 4.78 is 42.0. The average molecular weight is 348 g/mol. The second kappa shape index (κ2) is 6.29. The van der Waals surface area contributed by atoms with E-state index in [1.807, 2.05) is 0 Å². The first kappa shape index (κ1) is 16.5. The molecule has 6 nitrogen and oxygen atoms in total. The number of fused-ring (bicyclic) bond motifs is 1. The largest absolute Gasteiger partial charge is 0.303 e. The molecule has 0 aliphatic rings. The Hall–Kier alpha value is -2.32. The molecule has 8 heteroatoms. The van der Waals surface area contributed by atoms with Gasteiger partial charge in [0.25, 0.3) is 10.0 Å². The van der Waals surface area contributed by atoms with Crippen molar-refractivity contribution in [2.24, 2.45) is 0 Å². The molecule has 3 rings (SSSR count). The third-order valence-electron chi connectivity index (χ3n) is 3.92. The minimum Gasteiger partial charge on any atom is -0.303 e. The van der Waals surface area contributed by atoms with E-state index in [2.05, 4.69) is 9.97 Å². The highest BCUT2D eigenvalue weighted by Gasteiger charge is 2.30. The monoisotopic (exact) mass is 348 g/mol. The van der Waals surface area contributed by atoms with Gasteiger partial charge in [0.1, 0.15) is 5.82 Å². The molecule has 0 bridgehead atoms. The first-order chi connectivity index (χ1) is 11.4. The summed E-state index contributed by atoms with van der Waals surface area (Å²) in [5.41, 5.74) is 1.29. The minimum atomic E-state index is -3.80. The van der Waals surface area contributed by atoms with E-state index in [-0.39, 0.29) is 17.4 Å². The summed E-state index contributed by atoms with van der Waals surface area (Å²) in [6.45, 7) is 3.79. The van der Waals surface area contributed by atoms with Crippen LogP contribution in [0.2, 0.25) is 0 Å². The van der Waals surface area contributed by atoms with Gasteiger partial charge >= 0.3 is 0 Å². The minimum absolute atomic E-state index is 0.0520. The Morgan fingerprint density at radius 2 is 1.96 bits per heavy atom. The van der Waals surface area contributed by atoms with Crippen molar-refractivity contribution in [3.8, 4) is 0 Å². The van der Waals surface area contributed by atoms with Gasteiger partial charge in [-0.3, -0.25) is 0 Å². The fraction of sp³-hybridized carbons (Fsp3) is 0.250. The number of hydrogen-bond donors (Lipinski definition) is 0. The van der Waals surface area contributed by atoms with E-state index in [9.17, 15) is 12.8 Å². The second-order valence-corrected chi connectivity index (χ2v) is 7.19. The van der Waals surface area contributed by atoms with E-state index >= 15 is 0 Å². The van der Waals surface area contributed by atoms with Crippen molar-refractivity contribution < 1.29 is 12.8 Å². The highest BCUT2D eigenvalue weighted by atomic mass is 32.2. The van der Waals surface area contributed by atoms with Gasteiger partial charge < -0.3 is 4.40 Å². The lowest BCUT2D eigenvalue weighted by Crippen LogP contribution is -2.34. The molecular weight excluding hydrogens is 331 g/mol. The highest BCUT2D eigenvalue weighted by Crippen LogP contribution is 2.26. The van der Waals surface area contributed by atoms with E-state index in [4.69, 9.17) is 0 Å². The van der Waals surface area contributed by atoms with Crippen LogP contribution in [0.3, 0.4) is 0 Å². The van der Waals surface area contributed by atoms with Crippen LogP contribution in [0.4, 0.5) is 4.39 Å². The van der Waals surface area contributed by atoms with Crippen LogP contribution in [0, 0.1) is 5.82 Å². The normalized spacial score (nSPS) is 13.5.